The maximum absolute atomic E-state index is 12.4. The van der Waals surface area contributed by atoms with Crippen molar-refractivity contribution in [3.63, 3.8) is 0 Å². The van der Waals surface area contributed by atoms with Crippen LogP contribution in [-0.4, -0.2) is 14.0 Å². The SMILES string of the molecule is CC1(NS(=O)(=O)c2ccc(Br)cc2N)CCCCC1. The van der Waals surface area contributed by atoms with E-state index in [1.807, 2.05) is 6.92 Å². The molecule has 4 nitrogen and oxygen atoms in total. The van der Waals surface area contributed by atoms with Crippen molar-refractivity contribution < 1.29 is 8.42 Å². The van der Waals surface area contributed by atoms with E-state index in [0.29, 0.717) is 0 Å². The van der Waals surface area contributed by atoms with Crippen LogP contribution in [0.5, 0.6) is 0 Å². The third-order valence-electron chi connectivity index (χ3n) is 3.60. The van der Waals surface area contributed by atoms with E-state index in [1.54, 1.807) is 12.1 Å². The molecule has 1 aromatic carbocycles. The minimum absolute atomic E-state index is 0.155. The minimum Gasteiger partial charge on any atom is -0.398 e. The monoisotopic (exact) mass is 346 g/mol. The number of anilines is 1. The highest BCUT2D eigenvalue weighted by Gasteiger charge is 2.32. The van der Waals surface area contributed by atoms with Gasteiger partial charge in [0.1, 0.15) is 4.90 Å². The summed E-state index contributed by atoms with van der Waals surface area (Å²) in [5, 5.41) is 0. The summed E-state index contributed by atoms with van der Waals surface area (Å²) >= 11 is 3.28. The van der Waals surface area contributed by atoms with Crippen molar-refractivity contribution in [3.05, 3.63) is 22.7 Å². The number of halogens is 1. The van der Waals surface area contributed by atoms with Crippen molar-refractivity contribution in [2.24, 2.45) is 0 Å². The topological polar surface area (TPSA) is 72.2 Å². The lowest BCUT2D eigenvalue weighted by Gasteiger charge is -2.34. The Labute approximate surface area is 122 Å². The molecule has 6 heteroatoms. The fraction of sp³-hybridized carbons (Fsp3) is 0.538. The molecule has 3 N–H and O–H groups in total. The van der Waals surface area contributed by atoms with Gasteiger partial charge in [-0.25, -0.2) is 13.1 Å². The van der Waals surface area contributed by atoms with Crippen molar-refractivity contribution in [2.45, 2.75) is 49.5 Å². The fourth-order valence-corrected chi connectivity index (χ4v) is 4.54. The number of nitrogens with one attached hydrogen (secondary N) is 1. The van der Waals surface area contributed by atoms with Crippen molar-refractivity contribution >= 4 is 31.6 Å². The smallest absolute Gasteiger partial charge is 0.243 e. The lowest BCUT2D eigenvalue weighted by Crippen LogP contribution is -2.47. The molecule has 0 heterocycles. The molecule has 1 aliphatic carbocycles. The summed E-state index contributed by atoms with van der Waals surface area (Å²) in [6.07, 6.45) is 5.06. The van der Waals surface area contributed by atoms with Crippen LogP contribution in [0.1, 0.15) is 39.0 Å². The molecule has 0 amide bonds. The average Bonchev–Trinajstić information content (AvgIpc) is 2.27. The van der Waals surface area contributed by atoms with Gasteiger partial charge in [0.2, 0.25) is 10.0 Å². The van der Waals surface area contributed by atoms with Gasteiger partial charge in [-0.3, -0.25) is 0 Å². The number of hydrogen-bond acceptors (Lipinski definition) is 3. The second-order valence-corrected chi connectivity index (χ2v) is 7.98. The Balaban J connectivity index is 2.27. The maximum atomic E-state index is 12.4. The van der Waals surface area contributed by atoms with Crippen LogP contribution in [-0.2, 0) is 10.0 Å². The number of nitrogen functional groups attached to an aromatic ring is 1. The highest BCUT2D eigenvalue weighted by Crippen LogP contribution is 2.30. The Morgan fingerprint density at radius 1 is 1.26 bits per heavy atom. The molecular formula is C13H19BrN2O2S. The van der Waals surface area contributed by atoms with Crippen LogP contribution in [0.4, 0.5) is 5.69 Å². The van der Waals surface area contributed by atoms with Crippen LogP contribution in [0.25, 0.3) is 0 Å². The largest absolute Gasteiger partial charge is 0.398 e. The van der Waals surface area contributed by atoms with Gasteiger partial charge in [0, 0.05) is 10.0 Å². The first kappa shape index (κ1) is 14.8. The highest BCUT2D eigenvalue weighted by molar-refractivity contribution is 9.10. The van der Waals surface area contributed by atoms with E-state index in [2.05, 4.69) is 20.7 Å². The molecular weight excluding hydrogens is 328 g/mol. The zero-order chi connectivity index (χ0) is 14.1. The fourth-order valence-electron chi connectivity index (χ4n) is 2.58. The second kappa shape index (κ2) is 5.42. The van der Waals surface area contributed by atoms with Crippen molar-refractivity contribution in [1.29, 1.82) is 0 Å². The van der Waals surface area contributed by atoms with E-state index in [1.165, 1.54) is 12.5 Å². The molecule has 0 aliphatic heterocycles. The van der Waals surface area contributed by atoms with Gasteiger partial charge in [-0.1, -0.05) is 35.2 Å². The first-order valence-electron chi connectivity index (χ1n) is 6.41. The molecule has 2 rings (SSSR count). The summed E-state index contributed by atoms with van der Waals surface area (Å²) < 4.78 is 28.5. The molecule has 0 spiro atoms. The lowest BCUT2D eigenvalue weighted by molar-refractivity contribution is 0.294. The van der Waals surface area contributed by atoms with Crippen molar-refractivity contribution in [2.75, 3.05) is 5.73 Å². The van der Waals surface area contributed by atoms with E-state index >= 15 is 0 Å². The molecule has 19 heavy (non-hydrogen) atoms. The second-order valence-electron chi connectivity index (χ2n) is 5.41. The average molecular weight is 347 g/mol. The Kier molecular flexibility index (Phi) is 4.23. The molecule has 1 aliphatic rings. The standard InChI is InChI=1S/C13H19BrN2O2S/c1-13(7-3-2-4-8-13)16-19(17,18)12-6-5-10(14)9-11(12)15/h5-6,9,16H,2-4,7-8,15H2,1H3. The van der Waals surface area contributed by atoms with Crippen LogP contribution in [0.2, 0.25) is 0 Å². The predicted octanol–water partition coefficient (Wildman–Crippen LogP) is 3.03. The van der Waals surface area contributed by atoms with E-state index in [-0.39, 0.29) is 16.1 Å². The number of hydrogen-bond donors (Lipinski definition) is 2. The van der Waals surface area contributed by atoms with Gasteiger partial charge in [0.05, 0.1) is 5.69 Å². The van der Waals surface area contributed by atoms with E-state index in [0.717, 1.165) is 30.2 Å². The summed E-state index contributed by atoms with van der Waals surface area (Å²) in [5.41, 5.74) is 5.72. The molecule has 0 atom stereocenters. The van der Waals surface area contributed by atoms with Crippen LogP contribution in [0, 0.1) is 0 Å². The van der Waals surface area contributed by atoms with Crippen LogP contribution < -0.4 is 10.5 Å². The van der Waals surface area contributed by atoms with Gasteiger partial charge in [0.25, 0.3) is 0 Å². The summed E-state index contributed by atoms with van der Waals surface area (Å²) in [5.74, 6) is 0. The zero-order valence-corrected chi connectivity index (χ0v) is 13.4. The summed E-state index contributed by atoms with van der Waals surface area (Å²) in [6, 6.07) is 4.83. The molecule has 106 valence electrons. The van der Waals surface area contributed by atoms with E-state index < -0.39 is 10.0 Å². The zero-order valence-electron chi connectivity index (χ0n) is 10.9. The minimum atomic E-state index is -3.56. The summed E-state index contributed by atoms with van der Waals surface area (Å²) in [7, 11) is -3.56. The summed E-state index contributed by atoms with van der Waals surface area (Å²) in [4.78, 5) is 0.155. The Hall–Kier alpha value is -0.590. The number of sulfonamides is 1. The molecule has 1 saturated carbocycles. The maximum Gasteiger partial charge on any atom is 0.243 e. The third kappa shape index (κ3) is 3.49. The molecule has 0 aromatic heterocycles. The van der Waals surface area contributed by atoms with Gasteiger partial charge >= 0.3 is 0 Å². The predicted molar refractivity (Wildman–Crippen MR) is 80.4 cm³/mol. The van der Waals surface area contributed by atoms with Gasteiger partial charge in [-0.15, -0.1) is 0 Å². The Morgan fingerprint density at radius 3 is 2.47 bits per heavy atom. The van der Waals surface area contributed by atoms with Gasteiger partial charge < -0.3 is 5.73 Å². The molecule has 0 radical (unpaired) electrons. The van der Waals surface area contributed by atoms with Gasteiger partial charge in [0.15, 0.2) is 0 Å². The third-order valence-corrected chi connectivity index (χ3v) is 5.80. The van der Waals surface area contributed by atoms with Gasteiger partial charge in [-0.05, 0) is 38.0 Å². The molecule has 0 bridgehead atoms. The van der Waals surface area contributed by atoms with E-state index in [9.17, 15) is 8.42 Å². The first-order chi connectivity index (χ1) is 8.82. The first-order valence-corrected chi connectivity index (χ1v) is 8.69. The Bertz CT molecular complexity index is 566. The quantitative estimate of drug-likeness (QED) is 0.826. The summed E-state index contributed by atoms with van der Waals surface area (Å²) in [6.45, 7) is 1.97. The van der Waals surface area contributed by atoms with Crippen LogP contribution >= 0.6 is 15.9 Å². The number of benzene rings is 1. The normalized spacial score (nSPS) is 19.3. The van der Waals surface area contributed by atoms with Crippen LogP contribution in [0.3, 0.4) is 0 Å². The molecule has 0 unspecified atom stereocenters. The lowest BCUT2D eigenvalue weighted by atomic mass is 9.84. The van der Waals surface area contributed by atoms with Gasteiger partial charge in [-0.2, -0.15) is 0 Å². The van der Waals surface area contributed by atoms with E-state index in [4.69, 9.17) is 5.73 Å². The highest BCUT2D eigenvalue weighted by atomic mass is 79.9. The number of nitrogens with two attached hydrogens (primary N) is 1. The molecule has 0 saturated heterocycles. The van der Waals surface area contributed by atoms with Crippen molar-refractivity contribution in [3.8, 4) is 0 Å². The van der Waals surface area contributed by atoms with Crippen molar-refractivity contribution in [1.82, 2.24) is 4.72 Å². The molecule has 1 fully saturated rings. The van der Waals surface area contributed by atoms with Crippen LogP contribution in [0.15, 0.2) is 27.6 Å². The molecule has 1 aromatic rings. The number of rotatable bonds is 3. The Morgan fingerprint density at radius 2 is 1.89 bits per heavy atom.